The Morgan fingerprint density at radius 3 is 2.80 bits per heavy atom. The lowest BCUT2D eigenvalue weighted by Crippen LogP contribution is -2.40. The molecule has 2 nitrogen and oxygen atoms in total. The second-order valence-corrected chi connectivity index (χ2v) is 6.52. The van der Waals surface area contributed by atoms with E-state index in [1.54, 1.807) is 0 Å². The number of rotatable bonds is 3. The Labute approximate surface area is 102 Å². The van der Waals surface area contributed by atoms with Gasteiger partial charge >= 0.3 is 0 Å². The number of carbonyl (C=O) groups excluding carboxylic acids is 1. The lowest BCUT2D eigenvalue weighted by atomic mass is 9.80. The highest BCUT2D eigenvalue weighted by molar-refractivity contribution is 9.11. The summed E-state index contributed by atoms with van der Waals surface area (Å²) in [4.78, 5) is 12.6. The predicted octanol–water partition coefficient (Wildman–Crippen LogP) is 3.43. The van der Waals surface area contributed by atoms with Crippen LogP contribution in [0.1, 0.15) is 35.9 Å². The van der Waals surface area contributed by atoms with Crippen molar-refractivity contribution in [2.75, 3.05) is 0 Å². The van der Waals surface area contributed by atoms with E-state index in [0.29, 0.717) is 12.0 Å². The first kappa shape index (κ1) is 11.1. The quantitative estimate of drug-likeness (QED) is 0.907. The third-order valence-corrected chi connectivity index (χ3v) is 4.64. The van der Waals surface area contributed by atoms with E-state index in [2.05, 4.69) is 28.2 Å². The molecule has 1 aromatic heterocycles. The Hall–Kier alpha value is -0.350. The van der Waals surface area contributed by atoms with Crippen LogP contribution in [0.2, 0.25) is 0 Å². The summed E-state index contributed by atoms with van der Waals surface area (Å²) >= 11 is 4.84. The molecule has 82 valence electrons. The Kier molecular flexibility index (Phi) is 3.46. The van der Waals surface area contributed by atoms with Gasteiger partial charge in [-0.05, 0) is 53.7 Å². The highest BCUT2D eigenvalue weighted by Crippen LogP contribution is 2.29. The van der Waals surface area contributed by atoms with Crippen LogP contribution in [0.25, 0.3) is 0 Å². The van der Waals surface area contributed by atoms with E-state index in [-0.39, 0.29) is 5.91 Å². The largest absolute Gasteiger partial charge is 0.349 e. The topological polar surface area (TPSA) is 29.1 Å². The van der Waals surface area contributed by atoms with Crippen molar-refractivity contribution in [2.45, 2.75) is 32.2 Å². The fourth-order valence-electron chi connectivity index (χ4n) is 1.77. The molecule has 1 aliphatic rings. The van der Waals surface area contributed by atoms with Crippen molar-refractivity contribution >= 4 is 33.2 Å². The zero-order valence-electron chi connectivity index (χ0n) is 8.63. The molecule has 0 spiro atoms. The highest BCUT2D eigenvalue weighted by atomic mass is 79.9. The molecule has 0 aromatic carbocycles. The molecule has 0 radical (unpaired) electrons. The standard InChI is InChI=1S/C11H14BrNOS/c1-7(8-3-2-4-8)13-11(14)9-5-6-10(12)15-9/h5-8H,2-4H2,1H3,(H,13,14). The van der Waals surface area contributed by atoms with Gasteiger partial charge in [-0.2, -0.15) is 0 Å². The van der Waals surface area contributed by atoms with Gasteiger partial charge in [-0.25, -0.2) is 0 Å². The summed E-state index contributed by atoms with van der Waals surface area (Å²) in [6.07, 6.45) is 3.83. The number of halogens is 1. The summed E-state index contributed by atoms with van der Waals surface area (Å²) in [7, 11) is 0. The van der Waals surface area contributed by atoms with Gasteiger partial charge in [0.05, 0.1) is 8.66 Å². The first-order chi connectivity index (χ1) is 7.16. The second-order valence-electron chi connectivity index (χ2n) is 4.06. The molecule has 0 saturated heterocycles. The normalized spacial score (nSPS) is 18.3. The van der Waals surface area contributed by atoms with Gasteiger partial charge in [-0.15, -0.1) is 11.3 Å². The van der Waals surface area contributed by atoms with E-state index in [9.17, 15) is 4.79 Å². The van der Waals surface area contributed by atoms with Gasteiger partial charge < -0.3 is 5.32 Å². The minimum atomic E-state index is 0.0603. The summed E-state index contributed by atoms with van der Waals surface area (Å²) in [6.45, 7) is 2.10. The van der Waals surface area contributed by atoms with Crippen LogP contribution in [0.4, 0.5) is 0 Å². The lowest BCUT2D eigenvalue weighted by molar-refractivity contribution is 0.0913. The van der Waals surface area contributed by atoms with Crippen LogP contribution < -0.4 is 5.32 Å². The summed E-state index contributed by atoms with van der Waals surface area (Å²) in [5, 5.41) is 3.06. The molecule has 1 fully saturated rings. The van der Waals surface area contributed by atoms with Crippen molar-refractivity contribution in [1.82, 2.24) is 5.32 Å². The maximum atomic E-state index is 11.8. The first-order valence-corrected chi connectivity index (χ1v) is 6.84. The summed E-state index contributed by atoms with van der Waals surface area (Å²) in [6, 6.07) is 4.08. The Balaban J connectivity index is 1.91. The van der Waals surface area contributed by atoms with Crippen molar-refractivity contribution in [3.63, 3.8) is 0 Å². The fourth-order valence-corrected chi connectivity index (χ4v) is 3.06. The monoisotopic (exact) mass is 287 g/mol. The van der Waals surface area contributed by atoms with E-state index in [1.165, 1.54) is 30.6 Å². The summed E-state index contributed by atoms with van der Waals surface area (Å²) in [5.74, 6) is 0.752. The van der Waals surface area contributed by atoms with E-state index in [0.717, 1.165) is 8.66 Å². The minimum absolute atomic E-state index is 0.0603. The lowest BCUT2D eigenvalue weighted by Gasteiger charge is -2.31. The van der Waals surface area contributed by atoms with Gasteiger partial charge in [0.25, 0.3) is 5.91 Å². The number of thiophene rings is 1. The van der Waals surface area contributed by atoms with Crippen LogP contribution in [0.15, 0.2) is 15.9 Å². The van der Waals surface area contributed by atoms with Gasteiger partial charge in [0, 0.05) is 6.04 Å². The molecule has 1 atom stereocenters. The van der Waals surface area contributed by atoms with E-state index < -0.39 is 0 Å². The highest BCUT2D eigenvalue weighted by Gasteiger charge is 2.25. The van der Waals surface area contributed by atoms with Gasteiger partial charge in [-0.3, -0.25) is 4.79 Å². The van der Waals surface area contributed by atoms with E-state index in [1.807, 2.05) is 12.1 Å². The molecule has 1 unspecified atom stereocenters. The van der Waals surface area contributed by atoms with Crippen LogP contribution >= 0.6 is 27.3 Å². The molecule has 1 saturated carbocycles. The molecular formula is C11H14BrNOS. The molecule has 0 aliphatic heterocycles. The Morgan fingerprint density at radius 1 is 1.60 bits per heavy atom. The maximum Gasteiger partial charge on any atom is 0.261 e. The van der Waals surface area contributed by atoms with Crippen LogP contribution in [0, 0.1) is 5.92 Å². The second kappa shape index (κ2) is 4.66. The molecular weight excluding hydrogens is 274 g/mol. The number of carbonyl (C=O) groups is 1. The smallest absolute Gasteiger partial charge is 0.261 e. The van der Waals surface area contributed by atoms with Gasteiger partial charge in [0.2, 0.25) is 0 Å². The molecule has 1 N–H and O–H groups in total. The van der Waals surface area contributed by atoms with Gasteiger partial charge in [-0.1, -0.05) is 6.42 Å². The molecule has 1 aliphatic carbocycles. The molecule has 0 bridgehead atoms. The summed E-state index contributed by atoms with van der Waals surface area (Å²) in [5.41, 5.74) is 0. The van der Waals surface area contributed by atoms with E-state index in [4.69, 9.17) is 0 Å². The third-order valence-electron chi connectivity index (χ3n) is 3.01. The molecule has 15 heavy (non-hydrogen) atoms. The zero-order chi connectivity index (χ0) is 10.8. The number of amides is 1. The molecule has 2 rings (SSSR count). The molecule has 4 heteroatoms. The van der Waals surface area contributed by atoms with Gasteiger partial charge in [0.1, 0.15) is 0 Å². The first-order valence-electron chi connectivity index (χ1n) is 5.23. The Morgan fingerprint density at radius 2 is 2.33 bits per heavy atom. The molecule has 1 amide bonds. The van der Waals surface area contributed by atoms with E-state index >= 15 is 0 Å². The third kappa shape index (κ3) is 2.61. The SMILES string of the molecule is CC(NC(=O)c1ccc(Br)s1)C1CCC1. The van der Waals surface area contributed by atoms with Crippen molar-refractivity contribution in [3.8, 4) is 0 Å². The zero-order valence-corrected chi connectivity index (χ0v) is 11.0. The van der Waals surface area contributed by atoms with Crippen LogP contribution in [0.3, 0.4) is 0 Å². The number of nitrogens with one attached hydrogen (secondary N) is 1. The fraction of sp³-hybridized carbons (Fsp3) is 0.545. The number of hydrogen-bond acceptors (Lipinski definition) is 2. The van der Waals surface area contributed by atoms with Crippen LogP contribution in [-0.2, 0) is 0 Å². The van der Waals surface area contributed by atoms with Crippen molar-refractivity contribution in [3.05, 3.63) is 20.8 Å². The average Bonchev–Trinajstić information content (AvgIpc) is 2.48. The van der Waals surface area contributed by atoms with Gasteiger partial charge in [0.15, 0.2) is 0 Å². The predicted molar refractivity (Wildman–Crippen MR) is 66.3 cm³/mol. The van der Waals surface area contributed by atoms with Crippen molar-refractivity contribution < 1.29 is 4.79 Å². The Bertz CT molecular complexity index is 359. The van der Waals surface area contributed by atoms with Crippen LogP contribution in [0.5, 0.6) is 0 Å². The molecule has 1 aromatic rings. The minimum Gasteiger partial charge on any atom is -0.349 e. The number of hydrogen-bond donors (Lipinski definition) is 1. The average molecular weight is 288 g/mol. The van der Waals surface area contributed by atoms with Crippen molar-refractivity contribution in [1.29, 1.82) is 0 Å². The van der Waals surface area contributed by atoms with Crippen molar-refractivity contribution in [2.24, 2.45) is 5.92 Å². The maximum absolute atomic E-state index is 11.8. The van der Waals surface area contributed by atoms with Crippen LogP contribution in [-0.4, -0.2) is 11.9 Å². The summed E-state index contributed by atoms with van der Waals surface area (Å²) < 4.78 is 1.00. The molecule has 1 heterocycles.